The van der Waals surface area contributed by atoms with Gasteiger partial charge in [-0.3, -0.25) is 57.5 Å². The number of carboxylic acid groups (broad SMARTS) is 2. The molecule has 30 nitrogen and oxygen atoms in total. The van der Waals surface area contributed by atoms with Gasteiger partial charge in [0.25, 0.3) is 0 Å². The van der Waals surface area contributed by atoms with Crippen molar-refractivity contribution in [2.75, 3.05) is 39.0 Å². The minimum atomic E-state index is -1.97. The first-order valence-electron chi connectivity index (χ1n) is 23.2. The summed E-state index contributed by atoms with van der Waals surface area (Å²) in [5.74, 6) is -17.6. The number of amides is 9. The molecule has 0 radical (unpaired) electrons. The lowest BCUT2D eigenvalue weighted by molar-refractivity contribution is -0.154. The average Bonchev–Trinajstić information content (AvgIpc) is 3.33. The van der Waals surface area contributed by atoms with Gasteiger partial charge in [0.05, 0.1) is 38.3 Å². The standard InChI is InChI=1S/C45H66N12O18/c1-20(13-34(63)64)37-44(73)56-29(15-31(60)24-9-6-7-10-25(24)46)45(74)75-23(4)36(47)43(72)50-18-32(61)52-26(11-8-12-48-5)40(69)55-28(16-35(65)66)41(70)51-22(3)38(67)54-27(14-21(2)59)39(68)49-17-33(62)53-30(19-58)42(71)57-37/h6-7,9-10,20,22-23,26-30,36-37,48,58-59H,2,8,11-19,46-47H2,1,3-5H3,(H,49,68)(H,50,72)(H,51,70)(H,52,61)(H,53,62)(H,54,67)(H,55,69)(H,56,73)(H,57,71)(H,63,64)(H,65,66). The molecule has 1 aromatic rings. The molecule has 414 valence electrons. The molecule has 1 saturated heterocycles. The molecule has 10 atom stereocenters. The van der Waals surface area contributed by atoms with E-state index in [0.717, 1.165) is 13.8 Å². The van der Waals surface area contributed by atoms with Gasteiger partial charge in [-0.15, -0.1) is 0 Å². The maximum atomic E-state index is 14.0. The summed E-state index contributed by atoms with van der Waals surface area (Å²) < 4.78 is 5.41. The molecule has 0 bridgehead atoms. The number of carbonyl (C=O) groups excluding carboxylic acids is 11. The van der Waals surface area contributed by atoms with Crippen molar-refractivity contribution in [2.24, 2.45) is 11.7 Å². The second-order valence-corrected chi connectivity index (χ2v) is 17.3. The number of carbonyl (C=O) groups is 13. The zero-order chi connectivity index (χ0) is 56.7. The molecule has 10 unspecified atom stereocenters. The smallest absolute Gasteiger partial charge is 0.329 e. The first kappa shape index (κ1) is 62.9. The van der Waals surface area contributed by atoms with E-state index in [9.17, 15) is 82.8 Å². The normalized spacial score (nSPS) is 25.3. The van der Waals surface area contributed by atoms with Crippen molar-refractivity contribution in [2.45, 2.75) is 114 Å². The summed E-state index contributed by atoms with van der Waals surface area (Å²) in [6.07, 6.45) is -4.85. The number of aliphatic carboxylic acids is 2. The second-order valence-electron chi connectivity index (χ2n) is 17.3. The van der Waals surface area contributed by atoms with Crippen molar-refractivity contribution in [1.82, 2.24) is 53.2 Å². The van der Waals surface area contributed by atoms with Crippen molar-refractivity contribution in [1.29, 1.82) is 0 Å². The molecule has 1 aliphatic rings. The number of hydrogen-bond acceptors (Lipinski definition) is 19. The fourth-order valence-corrected chi connectivity index (χ4v) is 6.96. The monoisotopic (exact) mass is 1060 g/mol. The molecule has 0 spiro atoms. The lowest BCUT2D eigenvalue weighted by atomic mass is 9.96. The number of carboxylic acids is 2. The molecular weight excluding hydrogens is 997 g/mol. The third kappa shape index (κ3) is 21.4. The Bertz CT molecular complexity index is 2320. The number of nitrogens with two attached hydrogens (primary N) is 2. The molecule has 1 aliphatic heterocycles. The number of nitrogens with one attached hydrogen (secondary N) is 10. The zero-order valence-corrected chi connectivity index (χ0v) is 41.5. The van der Waals surface area contributed by atoms with Crippen LogP contribution in [0, 0.1) is 5.92 Å². The predicted octanol–water partition coefficient (Wildman–Crippen LogP) is -6.20. The van der Waals surface area contributed by atoms with Crippen LogP contribution in [-0.4, -0.2) is 185 Å². The van der Waals surface area contributed by atoms with E-state index in [0.29, 0.717) is 6.54 Å². The van der Waals surface area contributed by atoms with Crippen LogP contribution in [-0.2, 0) is 62.3 Å². The van der Waals surface area contributed by atoms with Gasteiger partial charge >= 0.3 is 17.9 Å². The molecule has 1 aromatic carbocycles. The van der Waals surface area contributed by atoms with Crippen LogP contribution < -0.4 is 64.6 Å². The summed E-state index contributed by atoms with van der Waals surface area (Å²) in [6, 6.07) is -8.55. The number of nitrogen functional groups attached to an aromatic ring is 1. The Labute approximate surface area is 429 Å². The van der Waals surface area contributed by atoms with E-state index < -0.39 is 188 Å². The minimum Gasteiger partial charge on any atom is -0.513 e. The largest absolute Gasteiger partial charge is 0.513 e. The Hall–Kier alpha value is -8.25. The van der Waals surface area contributed by atoms with Crippen LogP contribution in [0.25, 0.3) is 0 Å². The number of cyclic esters (lactones) is 1. The Morgan fingerprint density at radius 1 is 0.693 bits per heavy atom. The number of ketones is 1. The molecule has 1 fully saturated rings. The van der Waals surface area contributed by atoms with Gasteiger partial charge in [0.2, 0.25) is 53.2 Å². The van der Waals surface area contributed by atoms with Gasteiger partial charge in [-0.25, -0.2) is 4.79 Å². The van der Waals surface area contributed by atoms with Crippen molar-refractivity contribution in [3.05, 3.63) is 42.2 Å². The lowest BCUT2D eigenvalue weighted by Gasteiger charge is -2.28. The number of aliphatic hydroxyl groups excluding tert-OH is 2. The van der Waals surface area contributed by atoms with E-state index in [1.54, 1.807) is 7.05 Å². The molecule has 0 saturated carbocycles. The zero-order valence-electron chi connectivity index (χ0n) is 41.5. The third-order valence-corrected chi connectivity index (χ3v) is 11.1. The van der Waals surface area contributed by atoms with Gasteiger partial charge in [0, 0.05) is 24.1 Å². The highest BCUT2D eigenvalue weighted by Crippen LogP contribution is 2.17. The number of anilines is 1. The van der Waals surface area contributed by atoms with E-state index in [4.69, 9.17) is 16.2 Å². The number of hydrogen-bond donors (Lipinski definition) is 16. The van der Waals surface area contributed by atoms with E-state index in [2.05, 4.69) is 59.7 Å². The molecule has 18 N–H and O–H groups in total. The number of Topliss-reactive ketones (excluding diaryl/α,β-unsaturated/α-hetero) is 1. The highest BCUT2D eigenvalue weighted by atomic mass is 16.5. The number of para-hydroxylation sites is 1. The van der Waals surface area contributed by atoms with Crippen LogP contribution in [0.4, 0.5) is 5.69 Å². The number of ether oxygens (including phenoxy) is 1. The highest BCUT2D eigenvalue weighted by molar-refractivity contribution is 6.04. The molecule has 0 aromatic heterocycles. The topological polar surface area (TPSA) is 484 Å². The summed E-state index contributed by atoms with van der Waals surface area (Å²) in [5.41, 5.74) is 11.9. The fraction of sp³-hybridized carbons (Fsp3) is 0.533. The van der Waals surface area contributed by atoms with Crippen LogP contribution in [0.1, 0.15) is 69.7 Å². The Morgan fingerprint density at radius 3 is 1.81 bits per heavy atom. The van der Waals surface area contributed by atoms with Gasteiger partial charge in [-0.05, 0) is 58.3 Å². The van der Waals surface area contributed by atoms with Gasteiger partial charge in [-0.1, -0.05) is 25.6 Å². The first-order valence-corrected chi connectivity index (χ1v) is 23.2. The predicted molar refractivity (Wildman–Crippen MR) is 259 cm³/mol. The SMILES string of the molecule is C=C(O)CC1NC(=O)C(C)NC(=O)C(CC(=O)O)NC(=O)C(CCCNC)NC(=O)CNC(=O)C(N)C(C)OC(=O)C(CC(=O)c2ccccc2N)NC(=O)C(C(C)CC(=O)O)NC(=O)C(CO)NC(=O)CNC1=O. The average molecular weight is 1060 g/mol. The summed E-state index contributed by atoms with van der Waals surface area (Å²) in [5, 5.41) is 62.0. The molecular formula is C45H66N12O18. The van der Waals surface area contributed by atoms with E-state index in [1.165, 1.54) is 31.2 Å². The van der Waals surface area contributed by atoms with Gasteiger partial charge in [0.1, 0.15) is 54.4 Å². The fourth-order valence-electron chi connectivity index (χ4n) is 6.96. The van der Waals surface area contributed by atoms with Gasteiger partial charge in [-0.2, -0.15) is 0 Å². The Kier molecular flexibility index (Phi) is 25.7. The number of esters is 1. The maximum Gasteiger partial charge on any atom is 0.329 e. The van der Waals surface area contributed by atoms with E-state index in [1.807, 2.05) is 0 Å². The Balaban J connectivity index is 2.66. The Morgan fingerprint density at radius 2 is 1.24 bits per heavy atom. The van der Waals surface area contributed by atoms with Crippen LogP contribution in [0.2, 0.25) is 0 Å². The molecule has 0 aliphatic carbocycles. The number of aliphatic hydroxyl groups is 2. The molecule has 75 heavy (non-hydrogen) atoms. The van der Waals surface area contributed by atoms with Crippen molar-refractivity contribution >= 4 is 82.5 Å². The van der Waals surface area contributed by atoms with Crippen molar-refractivity contribution in [3.63, 3.8) is 0 Å². The second kappa shape index (κ2) is 30.7. The summed E-state index contributed by atoms with van der Waals surface area (Å²) in [7, 11) is 1.59. The van der Waals surface area contributed by atoms with Crippen LogP contribution >= 0.6 is 0 Å². The van der Waals surface area contributed by atoms with Crippen molar-refractivity contribution in [3.8, 4) is 0 Å². The first-order chi connectivity index (χ1) is 35.2. The molecule has 9 amide bonds. The van der Waals surface area contributed by atoms with Crippen LogP contribution in [0.5, 0.6) is 0 Å². The van der Waals surface area contributed by atoms with Gasteiger partial charge in [0.15, 0.2) is 5.78 Å². The minimum absolute atomic E-state index is 0.0319. The summed E-state index contributed by atoms with van der Waals surface area (Å²) in [4.78, 5) is 172. The summed E-state index contributed by atoms with van der Waals surface area (Å²) >= 11 is 0. The lowest BCUT2D eigenvalue weighted by Crippen LogP contribution is -2.60. The molecule has 2 rings (SSSR count). The summed E-state index contributed by atoms with van der Waals surface area (Å²) in [6.45, 7) is 4.05. The maximum absolute atomic E-state index is 14.0. The van der Waals surface area contributed by atoms with E-state index >= 15 is 0 Å². The number of benzene rings is 1. The highest BCUT2D eigenvalue weighted by Gasteiger charge is 2.37. The van der Waals surface area contributed by atoms with Crippen LogP contribution in [0.3, 0.4) is 0 Å². The van der Waals surface area contributed by atoms with E-state index in [-0.39, 0.29) is 24.1 Å². The van der Waals surface area contributed by atoms with Crippen LogP contribution in [0.15, 0.2) is 36.6 Å². The molecule has 30 heteroatoms. The third-order valence-electron chi connectivity index (χ3n) is 11.1. The number of rotatable bonds is 15. The van der Waals surface area contributed by atoms with Gasteiger partial charge < -0.3 is 89.8 Å². The van der Waals surface area contributed by atoms with Crippen molar-refractivity contribution < 1.29 is 87.5 Å². The molecule has 1 heterocycles. The quantitative estimate of drug-likeness (QED) is 0.0255.